The lowest BCUT2D eigenvalue weighted by Gasteiger charge is -2.35. The van der Waals surface area contributed by atoms with Gasteiger partial charge in [-0.1, -0.05) is 243 Å². The van der Waals surface area contributed by atoms with E-state index in [-0.39, 0.29) is 6.71 Å². The van der Waals surface area contributed by atoms with Crippen molar-refractivity contribution in [1.82, 2.24) is 0 Å². The summed E-state index contributed by atoms with van der Waals surface area (Å²) in [4.78, 5) is 0. The van der Waals surface area contributed by atoms with E-state index in [4.69, 9.17) is 9.47 Å². The molecule has 13 aromatic rings. The number of hydrogen-bond acceptors (Lipinski definition) is 2. The first kappa shape index (κ1) is 41.4. The van der Waals surface area contributed by atoms with E-state index in [2.05, 4.69) is 261 Å². The number of fused-ring (bicyclic) bond motifs is 8. The van der Waals surface area contributed by atoms with Crippen LogP contribution in [-0.2, 0) is 0 Å². The van der Waals surface area contributed by atoms with Crippen LogP contribution in [0.25, 0.3) is 110 Å². The molecule has 0 saturated heterocycles. The first-order valence-corrected chi connectivity index (χ1v) is 25.2. The van der Waals surface area contributed by atoms with Crippen molar-refractivity contribution in [1.29, 1.82) is 0 Å². The molecule has 338 valence electrons. The lowest BCUT2D eigenvalue weighted by molar-refractivity contribution is 0.466. The monoisotopic (exact) mass is 926 g/mol. The van der Waals surface area contributed by atoms with Gasteiger partial charge in [-0.3, -0.25) is 0 Å². The van der Waals surface area contributed by atoms with Crippen molar-refractivity contribution in [2.75, 3.05) is 0 Å². The van der Waals surface area contributed by atoms with Crippen LogP contribution in [0.1, 0.15) is 0 Å². The van der Waals surface area contributed by atoms with Gasteiger partial charge < -0.3 is 9.47 Å². The second kappa shape index (κ2) is 16.6. The van der Waals surface area contributed by atoms with E-state index in [1.807, 2.05) is 0 Å². The van der Waals surface area contributed by atoms with Crippen molar-refractivity contribution in [3.8, 4) is 89.8 Å². The molecule has 0 spiro atoms. The number of ether oxygens (including phenoxy) is 2. The van der Waals surface area contributed by atoms with Crippen molar-refractivity contribution in [2.45, 2.75) is 0 Å². The average molecular weight is 927 g/mol. The Morgan fingerprint density at radius 2 is 0.575 bits per heavy atom. The molecule has 2 nitrogen and oxygen atoms in total. The van der Waals surface area contributed by atoms with Gasteiger partial charge >= 0.3 is 0 Å². The SMILES string of the molecule is c1ccc(-c2c3ccccc3c(-c3ccccc3-c3cccc4c3Oc3ccc(-c5ccccc5-c5c6ccccc6c(-c6ccccc6)c6ccccc56)c5c3B4c3ccccc3O5)c3ccccc23)cc1. The molecule has 0 fully saturated rings. The molecule has 2 aliphatic heterocycles. The van der Waals surface area contributed by atoms with Crippen LogP contribution in [-0.4, -0.2) is 6.71 Å². The van der Waals surface area contributed by atoms with Gasteiger partial charge in [0.2, 0.25) is 0 Å². The predicted octanol–water partition coefficient (Wildman–Crippen LogP) is 17.0. The summed E-state index contributed by atoms with van der Waals surface area (Å²) in [5.41, 5.74) is 17.2. The standard InChI is InChI=1S/C70H43BO2/c1-3-22-44(23-4-1)64-50-30-11-15-34-54(50)66(55-35-16-12-31-51(55)64)48-28-9-7-26-46(48)58-38-21-40-61-69(58)73-63-43-42-59(70-68(63)71(61)60-39-19-20-41-62(60)72-70)47-27-8-10-29-49(47)67-56-36-17-13-32-52(56)65(45-24-5-2-6-25-45)53-33-14-18-37-57(53)67/h1-43H. The zero-order chi connectivity index (χ0) is 48.0. The molecule has 13 aromatic carbocycles. The Bertz CT molecular complexity index is 4270. The van der Waals surface area contributed by atoms with E-state index >= 15 is 0 Å². The highest BCUT2D eigenvalue weighted by Crippen LogP contribution is 2.51. The molecular formula is C70H43BO2. The molecule has 0 bridgehead atoms. The molecule has 0 amide bonds. The first-order valence-electron chi connectivity index (χ1n) is 25.2. The average Bonchev–Trinajstić information content (AvgIpc) is 3.46. The summed E-state index contributed by atoms with van der Waals surface area (Å²) in [6.07, 6.45) is 0. The van der Waals surface area contributed by atoms with Gasteiger partial charge in [0.05, 0.1) is 0 Å². The zero-order valence-corrected chi connectivity index (χ0v) is 39.7. The Kier molecular flexibility index (Phi) is 9.40. The highest BCUT2D eigenvalue weighted by Gasteiger charge is 2.42. The highest BCUT2D eigenvalue weighted by atomic mass is 16.5. The molecule has 15 rings (SSSR count). The summed E-state index contributed by atoms with van der Waals surface area (Å²) in [5.74, 6) is 3.36. The van der Waals surface area contributed by atoms with E-state index in [0.717, 1.165) is 72.8 Å². The third-order valence-corrected chi connectivity index (χ3v) is 15.4. The van der Waals surface area contributed by atoms with E-state index < -0.39 is 0 Å². The molecule has 73 heavy (non-hydrogen) atoms. The summed E-state index contributed by atoms with van der Waals surface area (Å²) in [6.45, 7) is -0.142. The molecule has 3 heteroatoms. The third-order valence-electron chi connectivity index (χ3n) is 15.4. The normalized spacial score (nSPS) is 12.3. The second-order valence-corrected chi connectivity index (χ2v) is 19.3. The minimum Gasteiger partial charge on any atom is -0.458 e. The van der Waals surface area contributed by atoms with Gasteiger partial charge in [-0.05, 0) is 128 Å². The van der Waals surface area contributed by atoms with Gasteiger partial charge in [0.25, 0.3) is 6.71 Å². The molecule has 0 atom stereocenters. The van der Waals surface area contributed by atoms with Crippen LogP contribution in [0.4, 0.5) is 0 Å². The fourth-order valence-corrected chi connectivity index (χ4v) is 12.4. The third kappa shape index (κ3) is 6.32. The number of benzene rings is 13. The number of para-hydroxylation sites is 2. The summed E-state index contributed by atoms with van der Waals surface area (Å²) in [6, 6.07) is 94.5. The fourth-order valence-electron chi connectivity index (χ4n) is 12.4. The topological polar surface area (TPSA) is 18.5 Å². The highest BCUT2D eigenvalue weighted by molar-refractivity contribution is 6.98. The summed E-state index contributed by atoms with van der Waals surface area (Å²) in [5, 5.41) is 9.76. The first-order chi connectivity index (χ1) is 36.3. The molecule has 0 unspecified atom stereocenters. The summed E-state index contributed by atoms with van der Waals surface area (Å²) in [7, 11) is 0. The molecule has 2 heterocycles. The quantitative estimate of drug-likeness (QED) is 0.122. The Balaban J connectivity index is 0.930. The van der Waals surface area contributed by atoms with Crippen LogP contribution in [0.5, 0.6) is 23.0 Å². The van der Waals surface area contributed by atoms with Crippen LogP contribution in [0, 0.1) is 0 Å². The number of rotatable bonds is 6. The lowest BCUT2D eigenvalue weighted by Crippen LogP contribution is -2.57. The zero-order valence-electron chi connectivity index (χ0n) is 39.7. The summed E-state index contributed by atoms with van der Waals surface area (Å²) >= 11 is 0. The number of hydrogen-bond donors (Lipinski definition) is 0. The van der Waals surface area contributed by atoms with Crippen molar-refractivity contribution >= 4 is 66.2 Å². The maximum absolute atomic E-state index is 7.36. The van der Waals surface area contributed by atoms with Gasteiger partial charge in [-0.2, -0.15) is 0 Å². The Hall–Kier alpha value is -9.44. The molecule has 0 N–H and O–H groups in total. The maximum atomic E-state index is 7.36. The van der Waals surface area contributed by atoms with Crippen molar-refractivity contribution in [3.05, 3.63) is 261 Å². The smallest absolute Gasteiger partial charge is 0.260 e. The van der Waals surface area contributed by atoms with Crippen molar-refractivity contribution in [3.63, 3.8) is 0 Å². The Labute approximate surface area is 424 Å². The van der Waals surface area contributed by atoms with Crippen LogP contribution in [0.3, 0.4) is 0 Å². The molecule has 2 aliphatic rings. The van der Waals surface area contributed by atoms with Gasteiger partial charge in [-0.25, -0.2) is 0 Å². The lowest BCUT2D eigenvalue weighted by atomic mass is 9.34. The second-order valence-electron chi connectivity index (χ2n) is 19.3. The van der Waals surface area contributed by atoms with Crippen LogP contribution < -0.4 is 25.9 Å². The van der Waals surface area contributed by atoms with Crippen LogP contribution in [0.15, 0.2) is 261 Å². The molecule has 0 radical (unpaired) electrons. The van der Waals surface area contributed by atoms with Crippen LogP contribution >= 0.6 is 0 Å². The van der Waals surface area contributed by atoms with Gasteiger partial charge in [0.1, 0.15) is 23.0 Å². The van der Waals surface area contributed by atoms with Gasteiger partial charge in [-0.15, -0.1) is 0 Å². The van der Waals surface area contributed by atoms with Crippen LogP contribution in [0.2, 0.25) is 0 Å². The van der Waals surface area contributed by atoms with E-state index in [9.17, 15) is 0 Å². The molecule has 0 saturated carbocycles. The Morgan fingerprint density at radius 1 is 0.219 bits per heavy atom. The van der Waals surface area contributed by atoms with Gasteiger partial charge in [0.15, 0.2) is 0 Å². The minimum atomic E-state index is -0.142. The molecule has 0 aromatic heterocycles. The largest absolute Gasteiger partial charge is 0.458 e. The van der Waals surface area contributed by atoms with E-state index in [0.29, 0.717) is 0 Å². The van der Waals surface area contributed by atoms with E-state index in [1.165, 1.54) is 76.5 Å². The van der Waals surface area contributed by atoms with Crippen molar-refractivity contribution in [2.24, 2.45) is 0 Å². The minimum absolute atomic E-state index is 0.142. The fraction of sp³-hybridized carbons (Fsp3) is 0. The Morgan fingerprint density at radius 3 is 1.07 bits per heavy atom. The van der Waals surface area contributed by atoms with E-state index in [1.54, 1.807) is 0 Å². The maximum Gasteiger partial charge on any atom is 0.260 e. The van der Waals surface area contributed by atoms with Crippen molar-refractivity contribution < 1.29 is 9.47 Å². The predicted molar refractivity (Wildman–Crippen MR) is 307 cm³/mol. The molecule has 0 aliphatic carbocycles. The van der Waals surface area contributed by atoms with Gasteiger partial charge in [0, 0.05) is 16.6 Å². The molecular weight excluding hydrogens is 884 g/mol. The summed E-state index contributed by atoms with van der Waals surface area (Å²) < 4.78 is 14.6.